The molecule has 1 aliphatic rings. The lowest BCUT2D eigenvalue weighted by atomic mass is 10.2. The zero-order valence-corrected chi connectivity index (χ0v) is 7.36. The van der Waals surface area contributed by atoms with Gasteiger partial charge in [-0.05, 0) is 18.7 Å². The van der Waals surface area contributed by atoms with E-state index in [4.69, 9.17) is 0 Å². The normalized spacial score (nSPS) is 19.1. The summed E-state index contributed by atoms with van der Waals surface area (Å²) in [6.45, 7) is 3.17. The first-order valence-corrected chi connectivity index (χ1v) is 3.88. The molecule has 1 N–H and O–H groups in total. The molecule has 44 valence electrons. The Labute approximate surface area is 52.9 Å². The second-order valence-electron chi connectivity index (χ2n) is 2.12. The number of hydrogen-bond acceptors (Lipinski definition) is 1. The fraction of sp³-hybridized carbons (Fsp3) is 0.333. The van der Waals surface area contributed by atoms with E-state index in [1.54, 1.807) is 0 Å². The zero-order chi connectivity index (χ0) is 5.98. The molecule has 1 nitrogen and oxygen atoms in total. The van der Waals surface area contributed by atoms with Crippen LogP contribution >= 0.6 is 0 Å². The van der Waals surface area contributed by atoms with E-state index in [1.165, 1.54) is 21.0 Å². The quantitative estimate of drug-likeness (QED) is 0.440. The number of rotatable bonds is 0. The van der Waals surface area contributed by atoms with Crippen LogP contribution in [-0.4, -0.2) is 16.8 Å². The largest absolute Gasteiger partial charge is 0.387 e. The van der Waals surface area contributed by atoms with E-state index in [0.717, 1.165) is 6.54 Å². The van der Waals surface area contributed by atoms with Crippen molar-refractivity contribution in [3.8, 4) is 0 Å². The molecule has 0 fully saturated rings. The van der Waals surface area contributed by atoms with Gasteiger partial charge in [-0.25, -0.2) is 0 Å². The van der Waals surface area contributed by atoms with Crippen molar-refractivity contribution >= 4 is 10.2 Å². The molecular formula is C6H11NSi. The standard InChI is InChI=1S/C6H11NSi/c1-5-4-7-3-2-6(5)8/h2,4,7H,3H2,1,8H3. The summed E-state index contributed by atoms with van der Waals surface area (Å²) in [6, 6.07) is 0. The molecule has 1 heterocycles. The maximum Gasteiger partial charge on any atom is 0.0385 e. The van der Waals surface area contributed by atoms with Crippen molar-refractivity contribution < 1.29 is 0 Å². The minimum absolute atomic E-state index is 1.02. The summed E-state index contributed by atoms with van der Waals surface area (Å²) >= 11 is 0. The highest BCUT2D eigenvalue weighted by Crippen LogP contribution is 2.04. The molecule has 0 radical (unpaired) electrons. The van der Waals surface area contributed by atoms with Gasteiger partial charge in [0.1, 0.15) is 0 Å². The van der Waals surface area contributed by atoms with E-state index >= 15 is 0 Å². The van der Waals surface area contributed by atoms with Gasteiger partial charge in [-0.3, -0.25) is 0 Å². The third kappa shape index (κ3) is 1.01. The number of dihydropyridines is 1. The van der Waals surface area contributed by atoms with Crippen LogP contribution in [0, 0.1) is 0 Å². The summed E-state index contributed by atoms with van der Waals surface area (Å²) in [6.07, 6.45) is 4.34. The molecule has 0 aromatic carbocycles. The van der Waals surface area contributed by atoms with Crippen LogP contribution in [0.15, 0.2) is 23.0 Å². The Kier molecular flexibility index (Phi) is 1.53. The van der Waals surface area contributed by atoms with E-state index < -0.39 is 0 Å². The van der Waals surface area contributed by atoms with Crippen molar-refractivity contribution in [1.29, 1.82) is 0 Å². The van der Waals surface area contributed by atoms with Crippen molar-refractivity contribution in [1.82, 2.24) is 5.32 Å². The van der Waals surface area contributed by atoms with Gasteiger partial charge in [0, 0.05) is 16.8 Å². The second-order valence-corrected chi connectivity index (χ2v) is 3.20. The highest BCUT2D eigenvalue weighted by atomic mass is 28.1. The lowest BCUT2D eigenvalue weighted by Crippen LogP contribution is -2.11. The lowest BCUT2D eigenvalue weighted by molar-refractivity contribution is 0.950. The molecule has 0 spiro atoms. The van der Waals surface area contributed by atoms with E-state index in [2.05, 4.69) is 24.5 Å². The summed E-state index contributed by atoms with van der Waals surface area (Å²) in [5.41, 5.74) is 1.41. The smallest absolute Gasteiger partial charge is 0.0385 e. The van der Waals surface area contributed by atoms with Gasteiger partial charge in [0.05, 0.1) is 0 Å². The van der Waals surface area contributed by atoms with Crippen LogP contribution in [0.4, 0.5) is 0 Å². The molecule has 0 aliphatic carbocycles. The predicted molar refractivity (Wildman–Crippen MR) is 39.8 cm³/mol. The predicted octanol–water partition coefficient (Wildman–Crippen LogP) is -0.257. The molecule has 0 atom stereocenters. The average Bonchev–Trinajstić information content (AvgIpc) is 1.77. The minimum atomic E-state index is 1.02. The molecule has 8 heavy (non-hydrogen) atoms. The molecule has 0 amide bonds. The summed E-state index contributed by atoms with van der Waals surface area (Å²) in [5, 5.41) is 4.68. The second kappa shape index (κ2) is 2.18. The molecule has 1 aliphatic heterocycles. The molecule has 0 saturated heterocycles. The molecule has 0 aromatic rings. The minimum Gasteiger partial charge on any atom is -0.387 e. The van der Waals surface area contributed by atoms with Gasteiger partial charge in [-0.2, -0.15) is 0 Å². The molecule has 0 unspecified atom stereocenters. The van der Waals surface area contributed by atoms with E-state index in [0.29, 0.717) is 0 Å². The zero-order valence-electron chi connectivity index (χ0n) is 5.36. The van der Waals surface area contributed by atoms with Crippen LogP contribution in [0.5, 0.6) is 0 Å². The Bertz CT molecular complexity index is 129. The lowest BCUT2D eigenvalue weighted by Gasteiger charge is -2.08. The van der Waals surface area contributed by atoms with Gasteiger partial charge < -0.3 is 5.32 Å². The van der Waals surface area contributed by atoms with Crippen LogP contribution in [-0.2, 0) is 0 Å². The first-order valence-electron chi connectivity index (χ1n) is 2.88. The maximum absolute atomic E-state index is 3.15. The topological polar surface area (TPSA) is 12.0 Å². The van der Waals surface area contributed by atoms with Crippen molar-refractivity contribution in [2.75, 3.05) is 6.54 Å². The fourth-order valence-corrected chi connectivity index (χ4v) is 1.05. The van der Waals surface area contributed by atoms with Crippen LogP contribution < -0.4 is 5.32 Å². The molecule has 0 saturated carbocycles. The first-order chi connectivity index (χ1) is 3.80. The number of allylic oxidation sites excluding steroid dienone is 2. The van der Waals surface area contributed by atoms with E-state index in [1.807, 2.05) is 0 Å². The Balaban J connectivity index is 2.73. The third-order valence-electron chi connectivity index (χ3n) is 1.47. The van der Waals surface area contributed by atoms with Gasteiger partial charge in [0.2, 0.25) is 0 Å². The molecule has 2 heteroatoms. The SMILES string of the molecule is CC1=CNCC=C1[SiH3]. The van der Waals surface area contributed by atoms with Crippen molar-refractivity contribution in [2.24, 2.45) is 0 Å². The van der Waals surface area contributed by atoms with Crippen LogP contribution in [0.25, 0.3) is 0 Å². The van der Waals surface area contributed by atoms with Gasteiger partial charge in [0.15, 0.2) is 0 Å². The maximum atomic E-state index is 3.15. The Morgan fingerprint density at radius 2 is 2.50 bits per heavy atom. The van der Waals surface area contributed by atoms with Gasteiger partial charge in [-0.15, -0.1) is 0 Å². The summed E-state index contributed by atoms with van der Waals surface area (Å²) < 4.78 is 0. The van der Waals surface area contributed by atoms with Crippen molar-refractivity contribution in [3.05, 3.63) is 23.0 Å². The highest BCUT2D eigenvalue weighted by molar-refractivity contribution is 6.24. The van der Waals surface area contributed by atoms with Gasteiger partial charge >= 0.3 is 0 Å². The van der Waals surface area contributed by atoms with Crippen LogP contribution in [0.1, 0.15) is 6.92 Å². The van der Waals surface area contributed by atoms with Crippen molar-refractivity contribution in [3.63, 3.8) is 0 Å². The summed E-state index contributed by atoms with van der Waals surface area (Å²) in [5.74, 6) is 0. The van der Waals surface area contributed by atoms with E-state index in [9.17, 15) is 0 Å². The molecule has 0 aromatic heterocycles. The first kappa shape index (κ1) is 5.63. The van der Waals surface area contributed by atoms with Crippen LogP contribution in [0.3, 0.4) is 0 Å². The summed E-state index contributed by atoms with van der Waals surface area (Å²) in [7, 11) is 1.19. The van der Waals surface area contributed by atoms with Crippen LogP contribution in [0.2, 0.25) is 0 Å². The van der Waals surface area contributed by atoms with Gasteiger partial charge in [-0.1, -0.05) is 11.3 Å². The fourth-order valence-electron chi connectivity index (χ4n) is 0.699. The van der Waals surface area contributed by atoms with Crippen molar-refractivity contribution in [2.45, 2.75) is 6.92 Å². The Morgan fingerprint density at radius 3 is 2.88 bits per heavy atom. The average molecular weight is 125 g/mol. The highest BCUT2D eigenvalue weighted by Gasteiger charge is 1.94. The monoisotopic (exact) mass is 125 g/mol. The Hall–Kier alpha value is -0.503. The number of nitrogens with one attached hydrogen (secondary N) is 1. The Morgan fingerprint density at radius 1 is 1.75 bits per heavy atom. The molecule has 1 rings (SSSR count). The van der Waals surface area contributed by atoms with E-state index in [-0.39, 0.29) is 0 Å². The molecular weight excluding hydrogens is 114 g/mol. The summed E-state index contributed by atoms with van der Waals surface area (Å²) in [4.78, 5) is 0. The third-order valence-corrected chi connectivity index (χ3v) is 2.66. The number of hydrogen-bond donors (Lipinski definition) is 1. The van der Waals surface area contributed by atoms with Gasteiger partial charge in [0.25, 0.3) is 0 Å². The molecule has 0 bridgehead atoms.